The molecule has 3 aromatic rings. The fraction of sp³-hybridized carbons (Fsp3) is 0.250. The first-order chi connectivity index (χ1) is 10.2. The highest BCUT2D eigenvalue weighted by molar-refractivity contribution is 6.01. The molecule has 0 saturated carbocycles. The lowest BCUT2D eigenvalue weighted by Gasteiger charge is -2.08. The second-order valence-electron chi connectivity index (χ2n) is 4.84. The number of hydrogen-bond donors (Lipinski definition) is 1. The lowest BCUT2D eigenvalue weighted by molar-refractivity contribution is 0.0698. The molecule has 21 heavy (non-hydrogen) atoms. The summed E-state index contributed by atoms with van der Waals surface area (Å²) >= 11 is 0. The lowest BCUT2D eigenvalue weighted by Crippen LogP contribution is -2.08. The molecule has 0 bridgehead atoms. The normalized spacial score (nSPS) is 11.1. The number of furan rings is 1. The van der Waals surface area contributed by atoms with Crippen molar-refractivity contribution in [1.29, 1.82) is 0 Å². The number of rotatable bonds is 5. The topological polar surface area (TPSA) is 68.3 Å². The van der Waals surface area contributed by atoms with Crippen LogP contribution in [0.25, 0.3) is 11.0 Å². The van der Waals surface area contributed by atoms with Gasteiger partial charge in [0, 0.05) is 19.4 Å². The van der Waals surface area contributed by atoms with Gasteiger partial charge in [0.25, 0.3) is 0 Å². The molecule has 0 aliphatic carbocycles. The van der Waals surface area contributed by atoms with Crippen LogP contribution in [0.4, 0.5) is 0 Å². The van der Waals surface area contributed by atoms with Gasteiger partial charge in [-0.3, -0.25) is 0 Å². The molecule has 2 heterocycles. The number of benzene rings is 1. The SMILES string of the molecule is CCc1nc2cccc(C(=O)O)c2n1CCc1ccco1. The summed E-state index contributed by atoms with van der Waals surface area (Å²) in [5.41, 5.74) is 1.71. The summed E-state index contributed by atoms with van der Waals surface area (Å²) in [6.07, 6.45) is 3.11. The van der Waals surface area contributed by atoms with Gasteiger partial charge in [-0.25, -0.2) is 9.78 Å². The third-order valence-electron chi connectivity index (χ3n) is 3.55. The number of fused-ring (bicyclic) bond motifs is 1. The van der Waals surface area contributed by atoms with E-state index < -0.39 is 5.97 Å². The predicted octanol–water partition coefficient (Wildman–Crippen LogP) is 3.13. The Morgan fingerprint density at radius 2 is 2.19 bits per heavy atom. The number of nitrogens with zero attached hydrogens (tertiary/aromatic N) is 2. The zero-order valence-electron chi connectivity index (χ0n) is 11.7. The Morgan fingerprint density at radius 1 is 1.33 bits per heavy atom. The first-order valence-electron chi connectivity index (χ1n) is 6.94. The van der Waals surface area contributed by atoms with E-state index in [1.807, 2.05) is 29.7 Å². The second-order valence-corrected chi connectivity index (χ2v) is 4.84. The van der Waals surface area contributed by atoms with Gasteiger partial charge in [0.2, 0.25) is 0 Å². The molecule has 3 rings (SSSR count). The van der Waals surface area contributed by atoms with Crippen molar-refractivity contribution >= 4 is 17.0 Å². The van der Waals surface area contributed by atoms with Gasteiger partial charge in [0.05, 0.1) is 22.9 Å². The predicted molar refractivity (Wildman–Crippen MR) is 78.5 cm³/mol. The molecule has 0 aliphatic heterocycles. The molecule has 108 valence electrons. The van der Waals surface area contributed by atoms with Gasteiger partial charge in [0.1, 0.15) is 11.6 Å². The van der Waals surface area contributed by atoms with Gasteiger partial charge in [-0.1, -0.05) is 13.0 Å². The zero-order chi connectivity index (χ0) is 14.8. The molecule has 0 unspecified atom stereocenters. The van der Waals surface area contributed by atoms with E-state index in [1.54, 1.807) is 18.4 Å². The third-order valence-corrected chi connectivity index (χ3v) is 3.55. The molecule has 5 heteroatoms. The van der Waals surface area contributed by atoms with Crippen molar-refractivity contribution in [2.45, 2.75) is 26.3 Å². The van der Waals surface area contributed by atoms with E-state index in [4.69, 9.17) is 4.42 Å². The summed E-state index contributed by atoms with van der Waals surface area (Å²) in [4.78, 5) is 16.0. The molecule has 0 atom stereocenters. The van der Waals surface area contributed by atoms with E-state index in [0.29, 0.717) is 24.0 Å². The highest BCUT2D eigenvalue weighted by atomic mass is 16.4. The first kappa shape index (κ1) is 13.4. The number of carbonyl (C=O) groups is 1. The second kappa shape index (κ2) is 5.44. The fourth-order valence-electron chi connectivity index (χ4n) is 2.59. The Hall–Kier alpha value is -2.56. The molecule has 5 nitrogen and oxygen atoms in total. The van der Waals surface area contributed by atoms with Crippen molar-refractivity contribution < 1.29 is 14.3 Å². The van der Waals surface area contributed by atoms with Gasteiger partial charge in [-0.15, -0.1) is 0 Å². The molecule has 0 saturated heterocycles. The first-order valence-corrected chi connectivity index (χ1v) is 6.94. The maximum atomic E-state index is 11.4. The molecule has 0 radical (unpaired) electrons. The summed E-state index contributed by atoms with van der Waals surface area (Å²) in [7, 11) is 0. The van der Waals surface area contributed by atoms with Crippen LogP contribution < -0.4 is 0 Å². The van der Waals surface area contributed by atoms with Crippen LogP contribution in [0, 0.1) is 0 Å². The van der Waals surface area contributed by atoms with Crippen molar-refractivity contribution in [2.75, 3.05) is 0 Å². The minimum Gasteiger partial charge on any atom is -0.478 e. The molecular weight excluding hydrogens is 268 g/mol. The molecule has 1 N–H and O–H groups in total. The zero-order valence-corrected chi connectivity index (χ0v) is 11.7. The largest absolute Gasteiger partial charge is 0.478 e. The van der Waals surface area contributed by atoms with Crippen LogP contribution in [-0.4, -0.2) is 20.6 Å². The quantitative estimate of drug-likeness (QED) is 0.781. The smallest absolute Gasteiger partial charge is 0.337 e. The van der Waals surface area contributed by atoms with E-state index in [2.05, 4.69) is 4.98 Å². The fourth-order valence-corrected chi connectivity index (χ4v) is 2.59. The van der Waals surface area contributed by atoms with Crippen molar-refractivity contribution in [2.24, 2.45) is 0 Å². The van der Waals surface area contributed by atoms with Crippen LogP contribution >= 0.6 is 0 Å². The molecule has 0 aliphatic rings. The van der Waals surface area contributed by atoms with Crippen molar-refractivity contribution in [3.63, 3.8) is 0 Å². The molecule has 1 aromatic carbocycles. The average Bonchev–Trinajstić information content (AvgIpc) is 3.11. The molecule has 2 aromatic heterocycles. The van der Waals surface area contributed by atoms with Gasteiger partial charge >= 0.3 is 5.97 Å². The third kappa shape index (κ3) is 2.42. The van der Waals surface area contributed by atoms with E-state index in [9.17, 15) is 9.90 Å². The Kier molecular flexibility index (Phi) is 3.48. The number of imidazole rings is 1. The molecule has 0 amide bonds. The monoisotopic (exact) mass is 284 g/mol. The van der Waals surface area contributed by atoms with Crippen LogP contribution in [-0.2, 0) is 19.4 Å². The Bertz CT molecular complexity index is 772. The Balaban J connectivity index is 2.07. The molecular formula is C16H16N2O3. The van der Waals surface area contributed by atoms with Gasteiger partial charge < -0.3 is 14.1 Å². The molecule has 0 spiro atoms. The van der Waals surface area contributed by atoms with Crippen LogP contribution in [0.3, 0.4) is 0 Å². The van der Waals surface area contributed by atoms with Crippen LogP contribution in [0.1, 0.15) is 28.9 Å². The van der Waals surface area contributed by atoms with E-state index in [1.165, 1.54) is 0 Å². The Labute approximate surface area is 121 Å². The number of hydrogen-bond acceptors (Lipinski definition) is 3. The van der Waals surface area contributed by atoms with Gasteiger partial charge in [0.15, 0.2) is 0 Å². The van der Waals surface area contributed by atoms with E-state index in [0.717, 1.165) is 23.5 Å². The number of carboxylic acid groups (broad SMARTS) is 1. The van der Waals surface area contributed by atoms with Crippen LogP contribution in [0.15, 0.2) is 41.0 Å². The number of aryl methyl sites for hydroxylation is 3. The van der Waals surface area contributed by atoms with Crippen molar-refractivity contribution in [3.8, 4) is 0 Å². The number of aromatic carboxylic acids is 1. The van der Waals surface area contributed by atoms with E-state index in [-0.39, 0.29) is 0 Å². The standard InChI is InChI=1S/C16H16N2O3/c1-2-14-17-13-7-3-6-12(16(19)20)15(13)18(14)9-8-11-5-4-10-21-11/h3-7,10H,2,8-9H2,1H3,(H,19,20). The van der Waals surface area contributed by atoms with Gasteiger partial charge in [-0.05, 0) is 24.3 Å². The Morgan fingerprint density at radius 3 is 2.86 bits per heavy atom. The molecule has 0 fully saturated rings. The lowest BCUT2D eigenvalue weighted by atomic mass is 10.2. The van der Waals surface area contributed by atoms with Crippen molar-refractivity contribution in [3.05, 3.63) is 53.7 Å². The average molecular weight is 284 g/mol. The summed E-state index contributed by atoms with van der Waals surface area (Å²) < 4.78 is 7.33. The van der Waals surface area contributed by atoms with Crippen LogP contribution in [0.5, 0.6) is 0 Å². The number of para-hydroxylation sites is 1. The van der Waals surface area contributed by atoms with Crippen molar-refractivity contribution in [1.82, 2.24) is 9.55 Å². The summed E-state index contributed by atoms with van der Waals surface area (Å²) in [6.45, 7) is 2.67. The summed E-state index contributed by atoms with van der Waals surface area (Å²) in [5.74, 6) is 0.847. The summed E-state index contributed by atoms with van der Waals surface area (Å²) in [6, 6.07) is 8.97. The van der Waals surface area contributed by atoms with E-state index >= 15 is 0 Å². The summed E-state index contributed by atoms with van der Waals surface area (Å²) in [5, 5.41) is 9.38. The minimum absolute atomic E-state index is 0.291. The maximum absolute atomic E-state index is 11.4. The van der Waals surface area contributed by atoms with Crippen LogP contribution in [0.2, 0.25) is 0 Å². The highest BCUT2D eigenvalue weighted by Crippen LogP contribution is 2.22. The highest BCUT2D eigenvalue weighted by Gasteiger charge is 2.16. The minimum atomic E-state index is -0.928. The maximum Gasteiger partial charge on any atom is 0.337 e. The van der Waals surface area contributed by atoms with Gasteiger partial charge in [-0.2, -0.15) is 0 Å². The number of aromatic nitrogens is 2. The number of carboxylic acids is 1.